The lowest BCUT2D eigenvalue weighted by Crippen LogP contribution is -2.24. The molecule has 24 heavy (non-hydrogen) atoms. The van der Waals surface area contributed by atoms with Crippen LogP contribution >= 0.6 is 0 Å². The van der Waals surface area contributed by atoms with Gasteiger partial charge in [0.15, 0.2) is 11.6 Å². The smallest absolute Gasteiger partial charge is 0.169 e. The molecule has 0 saturated carbocycles. The highest BCUT2D eigenvalue weighted by Crippen LogP contribution is 2.27. The van der Waals surface area contributed by atoms with Crippen LogP contribution in [0.4, 0.5) is 8.78 Å². The fourth-order valence-electron chi connectivity index (χ4n) is 2.70. The first-order valence-electron chi connectivity index (χ1n) is 7.65. The summed E-state index contributed by atoms with van der Waals surface area (Å²) in [7, 11) is 3.89. The van der Waals surface area contributed by atoms with E-state index in [-0.39, 0.29) is 11.6 Å². The maximum Gasteiger partial charge on any atom is 0.169 e. The van der Waals surface area contributed by atoms with Crippen LogP contribution in [0.25, 0.3) is 11.4 Å². The quantitative estimate of drug-likeness (QED) is 0.708. The first-order chi connectivity index (χ1) is 11.5. The largest absolute Gasteiger partial charge is 0.465 e. The van der Waals surface area contributed by atoms with Crippen LogP contribution in [0, 0.1) is 18.6 Å². The van der Waals surface area contributed by atoms with E-state index in [0.717, 1.165) is 17.6 Å². The Morgan fingerprint density at radius 2 is 2.00 bits per heavy atom. The number of hydrogen-bond donors (Lipinski definition) is 0. The maximum atomic E-state index is 14.1. The van der Waals surface area contributed by atoms with Gasteiger partial charge < -0.3 is 8.98 Å². The monoisotopic (exact) mass is 331 g/mol. The molecule has 1 atom stereocenters. The minimum atomic E-state index is -0.889. The lowest BCUT2D eigenvalue weighted by molar-refractivity contribution is 0.231. The second kappa shape index (κ2) is 6.57. The molecule has 0 unspecified atom stereocenters. The average molecular weight is 331 g/mol. The highest BCUT2D eigenvalue weighted by Gasteiger charge is 2.21. The van der Waals surface area contributed by atoms with Crippen molar-refractivity contribution in [1.82, 2.24) is 14.5 Å². The Labute approximate surface area is 139 Å². The minimum absolute atomic E-state index is 0.0525. The standard InChI is InChI=1S/C18H19F2N3O/c1-12-7-8-16(24-12)15(22(2)3)11-23-10-9-21-18(23)13-5-4-6-14(19)17(13)20/h4-10,15H,11H2,1-3H3/t15-/m1/s1. The summed E-state index contributed by atoms with van der Waals surface area (Å²) in [6.45, 7) is 2.40. The summed E-state index contributed by atoms with van der Waals surface area (Å²) in [6, 6.07) is 7.89. The molecule has 0 bridgehead atoms. The van der Waals surface area contributed by atoms with Crippen LogP contribution in [-0.2, 0) is 6.54 Å². The van der Waals surface area contributed by atoms with Crippen LogP contribution in [0.5, 0.6) is 0 Å². The molecule has 0 spiro atoms. The Morgan fingerprint density at radius 1 is 1.21 bits per heavy atom. The molecule has 0 N–H and O–H groups in total. The van der Waals surface area contributed by atoms with Crippen molar-refractivity contribution in [2.75, 3.05) is 14.1 Å². The number of aromatic nitrogens is 2. The fourth-order valence-corrected chi connectivity index (χ4v) is 2.70. The maximum absolute atomic E-state index is 14.1. The summed E-state index contributed by atoms with van der Waals surface area (Å²) in [5.41, 5.74) is 0.146. The van der Waals surface area contributed by atoms with Gasteiger partial charge in [0, 0.05) is 18.9 Å². The molecule has 0 aliphatic carbocycles. The highest BCUT2D eigenvalue weighted by molar-refractivity contribution is 5.56. The number of imidazole rings is 1. The van der Waals surface area contributed by atoms with Crippen LogP contribution < -0.4 is 0 Å². The normalized spacial score (nSPS) is 12.8. The SMILES string of the molecule is Cc1ccc([C@@H](Cn2ccnc2-c2cccc(F)c2F)N(C)C)o1. The van der Waals surface area contributed by atoms with Crippen molar-refractivity contribution in [2.45, 2.75) is 19.5 Å². The van der Waals surface area contributed by atoms with Gasteiger partial charge in [0.05, 0.1) is 11.6 Å². The Morgan fingerprint density at radius 3 is 2.67 bits per heavy atom. The first kappa shape index (κ1) is 16.4. The van der Waals surface area contributed by atoms with Crippen molar-refractivity contribution >= 4 is 0 Å². The molecule has 0 fully saturated rings. The average Bonchev–Trinajstić information content (AvgIpc) is 3.16. The van der Waals surface area contributed by atoms with Crippen LogP contribution in [0.1, 0.15) is 17.6 Å². The van der Waals surface area contributed by atoms with Gasteiger partial charge in [-0.3, -0.25) is 4.90 Å². The lowest BCUT2D eigenvalue weighted by atomic mass is 10.1. The van der Waals surface area contributed by atoms with E-state index in [1.165, 1.54) is 12.1 Å². The zero-order valence-electron chi connectivity index (χ0n) is 13.8. The number of nitrogens with zero attached hydrogens (tertiary/aromatic N) is 3. The van der Waals surface area contributed by atoms with Gasteiger partial charge in [-0.25, -0.2) is 13.8 Å². The summed E-state index contributed by atoms with van der Waals surface area (Å²) in [4.78, 5) is 6.22. The first-order valence-corrected chi connectivity index (χ1v) is 7.65. The predicted molar refractivity (Wildman–Crippen MR) is 87.5 cm³/mol. The Kier molecular flexibility index (Phi) is 4.49. The molecule has 1 aromatic carbocycles. The van der Waals surface area contributed by atoms with Crippen molar-refractivity contribution in [3.8, 4) is 11.4 Å². The van der Waals surface area contributed by atoms with Gasteiger partial charge in [-0.15, -0.1) is 0 Å². The summed E-state index contributed by atoms with van der Waals surface area (Å²) in [5, 5.41) is 0. The summed E-state index contributed by atoms with van der Waals surface area (Å²) in [6.07, 6.45) is 3.34. The van der Waals surface area contributed by atoms with Crippen LogP contribution in [-0.4, -0.2) is 28.5 Å². The summed E-state index contributed by atoms with van der Waals surface area (Å²) >= 11 is 0. The zero-order valence-corrected chi connectivity index (χ0v) is 13.8. The molecule has 0 aliphatic heterocycles. The van der Waals surface area contributed by atoms with Gasteiger partial charge in [-0.2, -0.15) is 0 Å². The third-order valence-corrected chi connectivity index (χ3v) is 3.99. The number of halogens is 2. The third kappa shape index (κ3) is 3.10. The van der Waals surface area contributed by atoms with Gasteiger partial charge in [0.1, 0.15) is 17.3 Å². The van der Waals surface area contributed by atoms with E-state index in [2.05, 4.69) is 4.98 Å². The molecule has 4 nitrogen and oxygen atoms in total. The number of aryl methyl sites for hydroxylation is 1. The zero-order chi connectivity index (χ0) is 17.3. The van der Waals surface area contributed by atoms with Crippen molar-refractivity contribution < 1.29 is 13.2 Å². The van der Waals surface area contributed by atoms with Crippen LogP contribution in [0.2, 0.25) is 0 Å². The van der Waals surface area contributed by atoms with Crippen LogP contribution in [0.15, 0.2) is 47.1 Å². The second-order valence-corrected chi connectivity index (χ2v) is 5.93. The Balaban J connectivity index is 1.96. The van der Waals surface area contributed by atoms with Gasteiger partial charge in [0.2, 0.25) is 0 Å². The molecule has 0 aliphatic rings. The third-order valence-electron chi connectivity index (χ3n) is 3.99. The molecule has 6 heteroatoms. The van der Waals surface area contributed by atoms with E-state index in [1.807, 2.05) is 38.1 Å². The Hall–Kier alpha value is -2.47. The predicted octanol–water partition coefficient (Wildman–Crippen LogP) is 4.03. The fraction of sp³-hybridized carbons (Fsp3) is 0.278. The number of benzene rings is 1. The van der Waals surface area contributed by atoms with E-state index in [4.69, 9.17) is 4.42 Å². The molecule has 2 aromatic heterocycles. The van der Waals surface area contributed by atoms with Crippen molar-refractivity contribution in [1.29, 1.82) is 0 Å². The minimum Gasteiger partial charge on any atom is -0.465 e. The van der Waals surface area contributed by atoms with Gasteiger partial charge in [-0.05, 0) is 45.3 Å². The number of furan rings is 1. The molecule has 0 radical (unpaired) electrons. The van der Waals surface area contributed by atoms with E-state index >= 15 is 0 Å². The summed E-state index contributed by atoms with van der Waals surface area (Å²) in [5.74, 6) is 0.269. The van der Waals surface area contributed by atoms with E-state index in [0.29, 0.717) is 12.4 Å². The van der Waals surface area contributed by atoms with Crippen molar-refractivity contribution in [2.24, 2.45) is 0 Å². The molecule has 2 heterocycles. The molecular formula is C18H19F2N3O. The molecule has 126 valence electrons. The highest BCUT2D eigenvalue weighted by atomic mass is 19.2. The summed E-state index contributed by atoms with van der Waals surface area (Å²) < 4.78 is 35.2. The van der Waals surface area contributed by atoms with Crippen LogP contribution in [0.3, 0.4) is 0 Å². The van der Waals surface area contributed by atoms with E-state index in [9.17, 15) is 8.78 Å². The molecule has 3 rings (SSSR count). The number of hydrogen-bond acceptors (Lipinski definition) is 3. The van der Waals surface area contributed by atoms with E-state index < -0.39 is 11.6 Å². The van der Waals surface area contributed by atoms with E-state index in [1.54, 1.807) is 17.0 Å². The number of likely N-dealkylation sites (N-methyl/N-ethyl adjacent to an activating group) is 1. The van der Waals surface area contributed by atoms with Gasteiger partial charge >= 0.3 is 0 Å². The number of rotatable bonds is 5. The van der Waals surface area contributed by atoms with Crippen molar-refractivity contribution in [3.05, 3.63) is 65.9 Å². The van der Waals surface area contributed by atoms with Crippen molar-refractivity contribution in [3.63, 3.8) is 0 Å². The van der Waals surface area contributed by atoms with Gasteiger partial charge in [-0.1, -0.05) is 6.07 Å². The molecule has 3 aromatic rings. The van der Waals surface area contributed by atoms with Gasteiger partial charge in [0.25, 0.3) is 0 Å². The molecular weight excluding hydrogens is 312 g/mol. The Bertz CT molecular complexity index is 838. The molecule has 0 saturated heterocycles. The lowest BCUT2D eigenvalue weighted by Gasteiger charge is -2.23. The molecule has 0 amide bonds. The topological polar surface area (TPSA) is 34.2 Å². The second-order valence-electron chi connectivity index (χ2n) is 5.93.